The normalized spacial score (nSPS) is 18.2. The van der Waals surface area contributed by atoms with E-state index in [9.17, 15) is 5.11 Å². The van der Waals surface area contributed by atoms with Crippen LogP contribution in [0.3, 0.4) is 0 Å². The smallest absolute Gasteiger partial charge is 0.107 e. The molecule has 1 fully saturated rings. The summed E-state index contributed by atoms with van der Waals surface area (Å²) in [5.41, 5.74) is 0.220. The molecular weight excluding hydrogens is 220 g/mol. The Morgan fingerprint density at radius 1 is 1.38 bits per heavy atom. The molecular formula is C12H20N2OS. The van der Waals surface area contributed by atoms with E-state index >= 15 is 0 Å². The molecule has 1 aliphatic rings. The SMILES string of the molecule is Cc1nc(CN2CCCC2)sc1C(C)(C)O. The highest BCUT2D eigenvalue weighted by molar-refractivity contribution is 7.11. The van der Waals surface area contributed by atoms with Crippen LogP contribution in [0.5, 0.6) is 0 Å². The Kier molecular flexibility index (Phi) is 3.33. The lowest BCUT2D eigenvalue weighted by Crippen LogP contribution is -2.18. The van der Waals surface area contributed by atoms with Gasteiger partial charge in [0, 0.05) is 0 Å². The lowest BCUT2D eigenvalue weighted by molar-refractivity contribution is 0.0817. The van der Waals surface area contributed by atoms with Crippen molar-refractivity contribution in [1.82, 2.24) is 9.88 Å². The maximum absolute atomic E-state index is 10.0. The molecule has 16 heavy (non-hydrogen) atoms. The molecule has 0 bridgehead atoms. The quantitative estimate of drug-likeness (QED) is 0.880. The predicted octanol–water partition coefficient (Wildman–Crippen LogP) is 2.27. The van der Waals surface area contributed by atoms with Gasteiger partial charge < -0.3 is 5.11 Å². The molecule has 90 valence electrons. The van der Waals surface area contributed by atoms with Crippen LogP contribution in [0.1, 0.15) is 42.3 Å². The van der Waals surface area contributed by atoms with Gasteiger partial charge in [0.25, 0.3) is 0 Å². The Morgan fingerprint density at radius 3 is 2.50 bits per heavy atom. The van der Waals surface area contributed by atoms with Crippen LogP contribution >= 0.6 is 11.3 Å². The van der Waals surface area contributed by atoms with Crippen molar-refractivity contribution in [2.45, 2.75) is 45.8 Å². The average Bonchev–Trinajstić information content (AvgIpc) is 2.74. The first-order valence-corrected chi connectivity index (χ1v) is 6.70. The van der Waals surface area contributed by atoms with Crippen LogP contribution in [-0.2, 0) is 12.1 Å². The largest absolute Gasteiger partial charge is 0.385 e. The first-order valence-electron chi connectivity index (χ1n) is 5.88. The molecule has 1 aliphatic heterocycles. The van der Waals surface area contributed by atoms with Gasteiger partial charge in [0.15, 0.2) is 0 Å². The van der Waals surface area contributed by atoms with Crippen molar-refractivity contribution in [3.63, 3.8) is 0 Å². The molecule has 0 aromatic carbocycles. The molecule has 4 heteroatoms. The number of hydrogen-bond donors (Lipinski definition) is 1. The maximum atomic E-state index is 10.0. The van der Waals surface area contributed by atoms with E-state index < -0.39 is 5.60 Å². The van der Waals surface area contributed by atoms with Crippen LogP contribution in [0.15, 0.2) is 0 Å². The van der Waals surface area contributed by atoms with E-state index in [4.69, 9.17) is 0 Å². The highest BCUT2D eigenvalue weighted by atomic mass is 32.1. The topological polar surface area (TPSA) is 36.4 Å². The molecule has 1 saturated heterocycles. The summed E-state index contributed by atoms with van der Waals surface area (Å²) in [5, 5.41) is 11.1. The van der Waals surface area contributed by atoms with Gasteiger partial charge in [-0.3, -0.25) is 4.90 Å². The summed E-state index contributed by atoms with van der Waals surface area (Å²) in [6.45, 7) is 8.96. The zero-order valence-corrected chi connectivity index (χ0v) is 11.1. The Hall–Kier alpha value is -0.450. The second-order valence-electron chi connectivity index (χ2n) is 5.06. The van der Waals surface area contributed by atoms with E-state index in [1.807, 2.05) is 20.8 Å². The van der Waals surface area contributed by atoms with E-state index in [-0.39, 0.29) is 0 Å². The van der Waals surface area contributed by atoms with Crippen LogP contribution in [0.2, 0.25) is 0 Å². The summed E-state index contributed by atoms with van der Waals surface area (Å²) in [7, 11) is 0. The van der Waals surface area contributed by atoms with Gasteiger partial charge >= 0.3 is 0 Å². The van der Waals surface area contributed by atoms with E-state index in [1.165, 1.54) is 25.9 Å². The Balaban J connectivity index is 2.11. The molecule has 1 N–H and O–H groups in total. The average molecular weight is 240 g/mol. The van der Waals surface area contributed by atoms with Gasteiger partial charge in [-0.05, 0) is 46.7 Å². The van der Waals surface area contributed by atoms with E-state index in [1.54, 1.807) is 11.3 Å². The lowest BCUT2D eigenvalue weighted by Gasteiger charge is -2.15. The minimum atomic E-state index is -0.759. The molecule has 1 aromatic heterocycles. The molecule has 0 unspecified atom stereocenters. The fraction of sp³-hybridized carbons (Fsp3) is 0.750. The second kappa shape index (κ2) is 4.43. The monoisotopic (exact) mass is 240 g/mol. The highest BCUT2D eigenvalue weighted by Crippen LogP contribution is 2.30. The van der Waals surface area contributed by atoms with Crippen LogP contribution in [0.25, 0.3) is 0 Å². The van der Waals surface area contributed by atoms with E-state index in [0.717, 1.165) is 22.1 Å². The number of aryl methyl sites for hydroxylation is 1. The van der Waals surface area contributed by atoms with Crippen LogP contribution < -0.4 is 0 Å². The van der Waals surface area contributed by atoms with Crippen molar-refractivity contribution in [3.8, 4) is 0 Å². The Labute approximate surface area is 101 Å². The molecule has 0 amide bonds. The zero-order valence-electron chi connectivity index (χ0n) is 10.3. The summed E-state index contributed by atoms with van der Waals surface area (Å²) >= 11 is 1.65. The van der Waals surface area contributed by atoms with Crippen molar-refractivity contribution in [2.75, 3.05) is 13.1 Å². The van der Waals surface area contributed by atoms with Crippen LogP contribution in [0.4, 0.5) is 0 Å². The van der Waals surface area contributed by atoms with Gasteiger partial charge in [0.1, 0.15) is 5.01 Å². The summed E-state index contributed by atoms with van der Waals surface area (Å²) in [6.07, 6.45) is 2.62. The summed E-state index contributed by atoms with van der Waals surface area (Å²) in [4.78, 5) is 8.00. The number of likely N-dealkylation sites (tertiary alicyclic amines) is 1. The van der Waals surface area contributed by atoms with Gasteiger partial charge in [0.05, 0.1) is 22.7 Å². The molecule has 3 nitrogen and oxygen atoms in total. The zero-order chi connectivity index (χ0) is 11.8. The standard InChI is InChI=1S/C12H20N2OS/c1-9-11(12(2,3)15)16-10(13-9)8-14-6-4-5-7-14/h15H,4-8H2,1-3H3. The molecule has 0 spiro atoms. The number of nitrogens with zero attached hydrogens (tertiary/aromatic N) is 2. The first kappa shape index (κ1) is 12.0. The van der Waals surface area contributed by atoms with Crippen molar-refractivity contribution in [3.05, 3.63) is 15.6 Å². The highest BCUT2D eigenvalue weighted by Gasteiger charge is 2.23. The van der Waals surface area contributed by atoms with Crippen LogP contribution in [0, 0.1) is 6.92 Å². The molecule has 2 heterocycles. The van der Waals surface area contributed by atoms with Gasteiger partial charge in [-0.25, -0.2) is 4.98 Å². The summed E-state index contributed by atoms with van der Waals surface area (Å²) < 4.78 is 0. The van der Waals surface area contributed by atoms with Gasteiger partial charge in [0.2, 0.25) is 0 Å². The number of aliphatic hydroxyl groups is 1. The minimum Gasteiger partial charge on any atom is -0.385 e. The molecule has 0 saturated carbocycles. The van der Waals surface area contributed by atoms with Crippen molar-refractivity contribution >= 4 is 11.3 Å². The number of aromatic nitrogens is 1. The lowest BCUT2D eigenvalue weighted by atomic mass is 10.1. The Morgan fingerprint density at radius 2 is 2.00 bits per heavy atom. The molecule has 0 radical (unpaired) electrons. The maximum Gasteiger partial charge on any atom is 0.107 e. The molecule has 0 atom stereocenters. The Bertz CT molecular complexity index is 362. The molecule has 0 aliphatic carbocycles. The number of thiazole rings is 1. The fourth-order valence-corrected chi connectivity index (χ4v) is 3.33. The van der Waals surface area contributed by atoms with Crippen LogP contribution in [-0.4, -0.2) is 28.1 Å². The summed E-state index contributed by atoms with van der Waals surface area (Å²) in [6, 6.07) is 0. The van der Waals surface area contributed by atoms with Gasteiger partial charge in [-0.15, -0.1) is 11.3 Å². The fourth-order valence-electron chi connectivity index (χ4n) is 2.22. The third kappa shape index (κ3) is 2.62. The summed E-state index contributed by atoms with van der Waals surface area (Å²) in [5.74, 6) is 0. The second-order valence-corrected chi connectivity index (χ2v) is 6.15. The minimum absolute atomic E-state index is 0.759. The third-order valence-electron chi connectivity index (χ3n) is 2.95. The van der Waals surface area contributed by atoms with Crippen molar-refractivity contribution in [1.29, 1.82) is 0 Å². The molecule has 1 aromatic rings. The number of rotatable bonds is 3. The van der Waals surface area contributed by atoms with E-state index in [2.05, 4.69) is 9.88 Å². The van der Waals surface area contributed by atoms with Gasteiger partial charge in [-0.2, -0.15) is 0 Å². The predicted molar refractivity (Wildman–Crippen MR) is 66.6 cm³/mol. The van der Waals surface area contributed by atoms with Gasteiger partial charge in [-0.1, -0.05) is 0 Å². The third-order valence-corrected chi connectivity index (χ3v) is 4.41. The molecule has 2 rings (SSSR count). The van der Waals surface area contributed by atoms with Crippen molar-refractivity contribution in [2.24, 2.45) is 0 Å². The first-order chi connectivity index (χ1) is 7.47. The number of hydrogen-bond acceptors (Lipinski definition) is 4. The van der Waals surface area contributed by atoms with Crippen molar-refractivity contribution < 1.29 is 5.11 Å². The van der Waals surface area contributed by atoms with E-state index in [0.29, 0.717) is 0 Å².